The Morgan fingerprint density at radius 3 is 2.58 bits per heavy atom. The van der Waals surface area contributed by atoms with E-state index in [1.165, 1.54) is 0 Å². The summed E-state index contributed by atoms with van der Waals surface area (Å²) in [7, 11) is -3.89. The first-order valence-electron chi connectivity index (χ1n) is 9.20. The molecule has 2 saturated heterocycles. The average Bonchev–Trinajstić information content (AvgIpc) is 3.13. The molecule has 0 bridgehead atoms. The molecule has 0 spiro atoms. The van der Waals surface area contributed by atoms with E-state index in [1.54, 1.807) is 9.80 Å². The highest BCUT2D eigenvalue weighted by molar-refractivity contribution is 7.91. The second-order valence-electron chi connectivity index (χ2n) is 7.17. The van der Waals surface area contributed by atoms with Gasteiger partial charge in [0, 0.05) is 32.8 Å². The van der Waals surface area contributed by atoms with Gasteiger partial charge in [-0.05, 0) is 32.1 Å². The number of halogens is 2. The van der Waals surface area contributed by atoms with Gasteiger partial charge in [0.15, 0.2) is 21.5 Å². The number of pyridine rings is 1. The van der Waals surface area contributed by atoms with Crippen LogP contribution in [0.4, 0.5) is 20.3 Å². The van der Waals surface area contributed by atoms with Gasteiger partial charge in [0.2, 0.25) is 5.95 Å². The second kappa shape index (κ2) is 6.92. The van der Waals surface area contributed by atoms with Gasteiger partial charge in [-0.3, -0.25) is 0 Å². The Hall–Kier alpha value is -1.48. The summed E-state index contributed by atoms with van der Waals surface area (Å²) >= 11 is 0. The van der Waals surface area contributed by atoms with Crippen LogP contribution in [0.2, 0.25) is 0 Å². The van der Waals surface area contributed by atoms with E-state index < -0.39 is 26.5 Å². The number of fused-ring (bicyclic) bond motifs is 1. The van der Waals surface area contributed by atoms with Crippen molar-refractivity contribution in [2.45, 2.75) is 43.1 Å². The van der Waals surface area contributed by atoms with Gasteiger partial charge in [-0.15, -0.1) is 0 Å². The Kier molecular flexibility index (Phi) is 4.77. The molecule has 144 valence electrons. The summed E-state index contributed by atoms with van der Waals surface area (Å²) in [6.07, 6.45) is 4.41. The number of aromatic nitrogens is 1. The van der Waals surface area contributed by atoms with Crippen molar-refractivity contribution in [2.24, 2.45) is 0 Å². The Morgan fingerprint density at radius 1 is 1.12 bits per heavy atom. The molecule has 0 radical (unpaired) electrons. The molecule has 1 aromatic heterocycles. The molecule has 0 unspecified atom stereocenters. The molecule has 0 saturated carbocycles. The van der Waals surface area contributed by atoms with Crippen molar-refractivity contribution in [3.63, 3.8) is 0 Å². The van der Waals surface area contributed by atoms with Gasteiger partial charge in [-0.1, -0.05) is 0 Å². The van der Waals surface area contributed by atoms with Gasteiger partial charge in [-0.2, -0.15) is 9.37 Å². The van der Waals surface area contributed by atoms with Gasteiger partial charge < -0.3 is 14.5 Å². The SMILES string of the molecule is O=S1(=O)CCN(C[C@H]2CCCO2)c2c(F)nc(N3CCCCC3)c(F)c21. The number of piperidine rings is 1. The first-order valence-corrected chi connectivity index (χ1v) is 10.9. The summed E-state index contributed by atoms with van der Waals surface area (Å²) in [5.41, 5.74) is -0.231. The number of sulfone groups is 1. The highest BCUT2D eigenvalue weighted by atomic mass is 32.2. The lowest BCUT2D eigenvalue weighted by Gasteiger charge is -2.34. The summed E-state index contributed by atoms with van der Waals surface area (Å²) in [6.45, 7) is 2.23. The lowest BCUT2D eigenvalue weighted by molar-refractivity contribution is 0.115. The Balaban J connectivity index is 1.76. The third-order valence-electron chi connectivity index (χ3n) is 5.37. The zero-order chi connectivity index (χ0) is 18.3. The van der Waals surface area contributed by atoms with Crippen LogP contribution in [0.5, 0.6) is 0 Å². The molecule has 0 N–H and O–H groups in total. The molecule has 9 heteroatoms. The molecule has 4 rings (SSSR count). The molecule has 1 aromatic rings. The molecule has 0 aromatic carbocycles. The second-order valence-corrected chi connectivity index (χ2v) is 9.21. The maximum absolute atomic E-state index is 15.2. The molecule has 0 aliphatic carbocycles. The lowest BCUT2D eigenvalue weighted by Crippen LogP contribution is -2.42. The number of anilines is 2. The molecule has 1 atom stereocenters. The van der Waals surface area contributed by atoms with Crippen molar-refractivity contribution in [3.05, 3.63) is 11.8 Å². The van der Waals surface area contributed by atoms with Crippen molar-refractivity contribution in [1.29, 1.82) is 0 Å². The van der Waals surface area contributed by atoms with E-state index in [-0.39, 0.29) is 29.9 Å². The Morgan fingerprint density at radius 2 is 1.88 bits per heavy atom. The summed E-state index contributed by atoms with van der Waals surface area (Å²) < 4.78 is 60.8. The largest absolute Gasteiger partial charge is 0.376 e. The number of rotatable bonds is 3. The van der Waals surface area contributed by atoms with E-state index in [0.717, 1.165) is 32.1 Å². The standard InChI is InChI=1S/C17H23F2N3O3S/c18-13-15-14(16(19)20-17(13)21-6-2-1-3-7-21)22(8-10-26(15,23)24)11-12-5-4-9-25-12/h12H,1-11H2/t12-/m1/s1. The van der Waals surface area contributed by atoms with Crippen LogP contribution in [0.3, 0.4) is 0 Å². The third kappa shape index (κ3) is 3.15. The van der Waals surface area contributed by atoms with E-state index in [1.807, 2.05) is 0 Å². The zero-order valence-electron chi connectivity index (χ0n) is 14.6. The van der Waals surface area contributed by atoms with Crippen molar-refractivity contribution in [2.75, 3.05) is 48.3 Å². The van der Waals surface area contributed by atoms with Crippen LogP contribution in [-0.2, 0) is 14.6 Å². The average molecular weight is 387 g/mol. The van der Waals surface area contributed by atoms with Crippen molar-refractivity contribution < 1.29 is 21.9 Å². The lowest BCUT2D eigenvalue weighted by atomic mass is 10.1. The fourth-order valence-electron chi connectivity index (χ4n) is 4.03. The minimum absolute atomic E-state index is 0.0899. The number of hydrogen-bond donors (Lipinski definition) is 0. The highest BCUT2D eigenvalue weighted by Crippen LogP contribution is 2.39. The smallest absolute Gasteiger partial charge is 0.239 e. The van der Waals surface area contributed by atoms with Crippen LogP contribution in [0, 0.1) is 11.8 Å². The first kappa shape index (κ1) is 17.9. The van der Waals surface area contributed by atoms with Gasteiger partial charge >= 0.3 is 0 Å². The number of ether oxygens (including phenoxy) is 1. The van der Waals surface area contributed by atoms with Gasteiger partial charge in [0.25, 0.3) is 0 Å². The summed E-state index contributed by atoms with van der Waals surface area (Å²) in [5, 5.41) is 0. The molecule has 0 amide bonds. The van der Waals surface area contributed by atoms with Crippen LogP contribution in [0.25, 0.3) is 0 Å². The first-order chi connectivity index (χ1) is 12.5. The van der Waals surface area contributed by atoms with Gasteiger partial charge in [0.05, 0.1) is 11.9 Å². The van der Waals surface area contributed by atoms with E-state index >= 15 is 4.39 Å². The predicted octanol–water partition coefficient (Wildman–Crippen LogP) is 2.12. The molecule has 4 heterocycles. The molecular formula is C17H23F2N3O3S. The third-order valence-corrected chi connectivity index (χ3v) is 7.09. The Bertz CT molecular complexity index is 791. The zero-order valence-corrected chi connectivity index (χ0v) is 15.4. The van der Waals surface area contributed by atoms with Gasteiger partial charge in [0.1, 0.15) is 10.6 Å². The predicted molar refractivity (Wildman–Crippen MR) is 93.5 cm³/mol. The topological polar surface area (TPSA) is 62.7 Å². The normalized spacial score (nSPS) is 25.4. The van der Waals surface area contributed by atoms with Crippen molar-refractivity contribution >= 4 is 21.3 Å². The quantitative estimate of drug-likeness (QED) is 0.741. The van der Waals surface area contributed by atoms with E-state index in [2.05, 4.69) is 4.98 Å². The fourth-order valence-corrected chi connectivity index (χ4v) is 5.57. The van der Waals surface area contributed by atoms with Crippen molar-refractivity contribution in [1.82, 2.24) is 4.98 Å². The van der Waals surface area contributed by atoms with Crippen LogP contribution >= 0.6 is 0 Å². The van der Waals surface area contributed by atoms with Crippen LogP contribution < -0.4 is 9.80 Å². The number of nitrogens with zero attached hydrogens (tertiary/aromatic N) is 3. The monoisotopic (exact) mass is 387 g/mol. The minimum Gasteiger partial charge on any atom is -0.376 e. The molecule has 6 nitrogen and oxygen atoms in total. The molecule has 3 aliphatic rings. The van der Waals surface area contributed by atoms with Crippen LogP contribution in [0.1, 0.15) is 32.1 Å². The van der Waals surface area contributed by atoms with E-state index in [0.29, 0.717) is 26.2 Å². The Labute approximate surface area is 152 Å². The fraction of sp³-hybridized carbons (Fsp3) is 0.706. The summed E-state index contributed by atoms with van der Waals surface area (Å²) in [5.74, 6) is -2.24. The van der Waals surface area contributed by atoms with E-state index in [9.17, 15) is 12.8 Å². The highest BCUT2D eigenvalue weighted by Gasteiger charge is 2.39. The van der Waals surface area contributed by atoms with Crippen LogP contribution in [-0.4, -0.2) is 58.0 Å². The van der Waals surface area contributed by atoms with E-state index in [4.69, 9.17) is 4.74 Å². The molecule has 3 aliphatic heterocycles. The molecular weight excluding hydrogens is 364 g/mol. The summed E-state index contributed by atoms with van der Waals surface area (Å²) in [6, 6.07) is 0. The molecule has 26 heavy (non-hydrogen) atoms. The van der Waals surface area contributed by atoms with Crippen LogP contribution in [0.15, 0.2) is 4.90 Å². The maximum Gasteiger partial charge on any atom is 0.239 e. The maximum atomic E-state index is 15.2. The molecule has 2 fully saturated rings. The van der Waals surface area contributed by atoms with Gasteiger partial charge in [-0.25, -0.2) is 12.8 Å². The minimum atomic E-state index is -3.89. The summed E-state index contributed by atoms with van der Waals surface area (Å²) in [4.78, 5) is 6.54. The van der Waals surface area contributed by atoms with Crippen molar-refractivity contribution in [3.8, 4) is 0 Å². The number of hydrogen-bond acceptors (Lipinski definition) is 6.